The molecule has 2 aliphatic rings. The number of aromatic nitrogens is 2. The highest BCUT2D eigenvalue weighted by molar-refractivity contribution is 5.94. The van der Waals surface area contributed by atoms with E-state index in [1.54, 1.807) is 37.6 Å². The molecule has 0 aliphatic carbocycles. The second-order valence-electron chi connectivity index (χ2n) is 8.04. The second kappa shape index (κ2) is 8.70. The minimum absolute atomic E-state index is 0.00702. The molecule has 2 amide bonds. The van der Waals surface area contributed by atoms with E-state index < -0.39 is 11.7 Å². The van der Waals surface area contributed by atoms with Crippen molar-refractivity contribution in [3.05, 3.63) is 48.0 Å². The first-order valence-electron chi connectivity index (χ1n) is 10.9. The maximum atomic E-state index is 13.0. The van der Waals surface area contributed by atoms with Gasteiger partial charge in [-0.15, -0.1) is 0 Å². The smallest absolute Gasteiger partial charge is 0.253 e. The second-order valence-corrected chi connectivity index (χ2v) is 8.04. The summed E-state index contributed by atoms with van der Waals surface area (Å²) in [6, 6.07) is 7.16. The van der Waals surface area contributed by atoms with E-state index in [1.165, 1.54) is 0 Å². The number of amides is 2. The summed E-state index contributed by atoms with van der Waals surface area (Å²) in [4.78, 5) is 34.2. The lowest BCUT2D eigenvalue weighted by Gasteiger charge is -2.46. The van der Waals surface area contributed by atoms with E-state index in [0.717, 1.165) is 11.6 Å². The quantitative estimate of drug-likeness (QED) is 0.733. The highest BCUT2D eigenvalue weighted by Crippen LogP contribution is 2.40. The zero-order valence-corrected chi connectivity index (χ0v) is 18.4. The molecule has 1 aromatic heterocycles. The molecule has 1 unspecified atom stereocenters. The van der Waals surface area contributed by atoms with Gasteiger partial charge in [0.05, 0.1) is 13.7 Å². The largest absolute Gasteiger partial charge is 0.497 e. The number of rotatable bonds is 5. The molecule has 4 rings (SSSR count). The van der Waals surface area contributed by atoms with E-state index in [9.17, 15) is 9.59 Å². The number of carbonyl (C=O) groups is 2. The van der Waals surface area contributed by atoms with Crippen LogP contribution in [0.3, 0.4) is 0 Å². The summed E-state index contributed by atoms with van der Waals surface area (Å²) in [5.41, 5.74) is -0.0104. The molecule has 2 aromatic rings. The maximum absolute atomic E-state index is 13.0. The first-order chi connectivity index (χ1) is 15.0. The van der Waals surface area contributed by atoms with E-state index in [-0.39, 0.29) is 11.8 Å². The fourth-order valence-corrected chi connectivity index (χ4v) is 4.59. The Hall–Kier alpha value is -2.87. The van der Waals surface area contributed by atoms with Crippen LogP contribution in [0.15, 0.2) is 36.7 Å². The normalized spacial score (nSPS) is 19.7. The van der Waals surface area contributed by atoms with Gasteiger partial charge in [-0.3, -0.25) is 9.59 Å². The van der Waals surface area contributed by atoms with Crippen LogP contribution in [-0.2, 0) is 21.7 Å². The minimum Gasteiger partial charge on any atom is -0.497 e. The van der Waals surface area contributed by atoms with Crippen molar-refractivity contribution in [1.82, 2.24) is 19.4 Å². The third-order valence-corrected chi connectivity index (χ3v) is 6.40. The predicted molar refractivity (Wildman–Crippen MR) is 115 cm³/mol. The number of benzene rings is 1. The van der Waals surface area contributed by atoms with Crippen LogP contribution in [0.5, 0.6) is 5.75 Å². The molecule has 1 aromatic carbocycles. The van der Waals surface area contributed by atoms with Gasteiger partial charge < -0.3 is 23.8 Å². The molecule has 1 fully saturated rings. The molecule has 3 heterocycles. The number of hydrogen-bond donors (Lipinski definition) is 0. The van der Waals surface area contributed by atoms with Crippen molar-refractivity contribution in [2.45, 2.75) is 44.9 Å². The Morgan fingerprint density at radius 3 is 2.48 bits per heavy atom. The van der Waals surface area contributed by atoms with Gasteiger partial charge in [-0.2, -0.15) is 0 Å². The average Bonchev–Trinajstić information content (AvgIpc) is 3.30. The zero-order valence-electron chi connectivity index (χ0n) is 18.4. The predicted octanol–water partition coefficient (Wildman–Crippen LogP) is 2.29. The van der Waals surface area contributed by atoms with Gasteiger partial charge in [-0.25, -0.2) is 4.98 Å². The topological polar surface area (TPSA) is 76.9 Å². The van der Waals surface area contributed by atoms with Gasteiger partial charge in [-0.1, -0.05) is 0 Å². The van der Waals surface area contributed by atoms with E-state index in [2.05, 4.69) is 4.98 Å². The molecular weight excluding hydrogens is 396 g/mol. The Morgan fingerprint density at radius 1 is 1.19 bits per heavy atom. The number of fused-ring (bicyclic) bond motifs is 2. The number of hydrogen-bond acceptors (Lipinski definition) is 5. The molecule has 2 aliphatic heterocycles. The summed E-state index contributed by atoms with van der Waals surface area (Å²) in [5, 5.41) is 0. The summed E-state index contributed by atoms with van der Waals surface area (Å²) >= 11 is 0. The Bertz CT molecular complexity index is 927. The Balaban J connectivity index is 1.50. The van der Waals surface area contributed by atoms with Crippen LogP contribution in [-0.4, -0.2) is 70.6 Å². The van der Waals surface area contributed by atoms with Crippen molar-refractivity contribution in [1.29, 1.82) is 0 Å². The summed E-state index contributed by atoms with van der Waals surface area (Å²) in [7, 11) is 1.60. The average molecular weight is 427 g/mol. The van der Waals surface area contributed by atoms with Gasteiger partial charge in [0.1, 0.15) is 17.2 Å². The Kier molecular flexibility index (Phi) is 6.00. The molecular formula is C23H30N4O4. The van der Waals surface area contributed by atoms with E-state index in [1.807, 2.05) is 34.4 Å². The van der Waals surface area contributed by atoms with E-state index in [4.69, 9.17) is 9.47 Å². The van der Waals surface area contributed by atoms with Crippen molar-refractivity contribution in [3.63, 3.8) is 0 Å². The number of imidazole rings is 1. The van der Waals surface area contributed by atoms with Crippen molar-refractivity contribution < 1.29 is 19.1 Å². The molecule has 31 heavy (non-hydrogen) atoms. The van der Waals surface area contributed by atoms with E-state index in [0.29, 0.717) is 51.1 Å². The molecule has 1 saturated heterocycles. The first-order valence-corrected chi connectivity index (χ1v) is 10.9. The molecule has 0 saturated carbocycles. The fourth-order valence-electron chi connectivity index (χ4n) is 4.59. The van der Waals surface area contributed by atoms with E-state index >= 15 is 0 Å². The SMILES string of the molecule is CCN(CC)C(=O)C1Cn2ccnc2C2(CCN(C(=O)c3ccc(OC)cc3)CC2)O1. The van der Waals surface area contributed by atoms with Crippen LogP contribution in [0.1, 0.15) is 42.9 Å². The summed E-state index contributed by atoms with van der Waals surface area (Å²) < 4.78 is 13.7. The molecule has 0 bridgehead atoms. The number of nitrogens with zero attached hydrogens (tertiary/aromatic N) is 4. The summed E-state index contributed by atoms with van der Waals surface area (Å²) in [6.45, 7) is 6.83. The number of methoxy groups -OCH3 is 1. The first kappa shape index (κ1) is 21.4. The minimum atomic E-state index is -0.647. The Morgan fingerprint density at radius 2 is 1.87 bits per heavy atom. The van der Waals surface area contributed by atoms with Gasteiger partial charge in [0, 0.05) is 57.0 Å². The molecule has 1 atom stereocenters. The van der Waals surface area contributed by atoms with Crippen LogP contribution in [0.25, 0.3) is 0 Å². The number of piperidine rings is 1. The van der Waals surface area contributed by atoms with Gasteiger partial charge in [-0.05, 0) is 38.1 Å². The van der Waals surface area contributed by atoms with Gasteiger partial charge in [0.15, 0.2) is 6.10 Å². The van der Waals surface area contributed by atoms with Crippen LogP contribution >= 0.6 is 0 Å². The molecule has 8 nitrogen and oxygen atoms in total. The highest BCUT2D eigenvalue weighted by Gasteiger charge is 2.48. The molecule has 0 radical (unpaired) electrons. The summed E-state index contributed by atoms with van der Waals surface area (Å²) in [6.07, 6.45) is 4.35. The van der Waals surface area contributed by atoms with Gasteiger partial charge in [0.25, 0.3) is 11.8 Å². The molecule has 166 valence electrons. The number of likely N-dealkylation sites (tertiary alicyclic amines) is 1. The van der Waals surface area contributed by atoms with Crippen LogP contribution in [0, 0.1) is 0 Å². The van der Waals surface area contributed by atoms with Crippen LogP contribution in [0.4, 0.5) is 0 Å². The van der Waals surface area contributed by atoms with Crippen molar-refractivity contribution in [2.75, 3.05) is 33.3 Å². The fraction of sp³-hybridized carbons (Fsp3) is 0.522. The van der Waals surface area contributed by atoms with Gasteiger partial charge >= 0.3 is 0 Å². The number of likely N-dealkylation sites (N-methyl/N-ethyl adjacent to an activating group) is 1. The monoisotopic (exact) mass is 426 g/mol. The lowest BCUT2D eigenvalue weighted by Crippen LogP contribution is -2.55. The third kappa shape index (κ3) is 3.92. The standard InChI is InChI=1S/C23H30N4O4/c1-4-25(5-2)21(29)19-16-27-15-12-24-22(27)23(31-19)10-13-26(14-11-23)20(28)17-6-8-18(30-3)9-7-17/h6-9,12,15,19H,4-5,10-11,13-14,16H2,1-3H3. The third-order valence-electron chi connectivity index (χ3n) is 6.40. The number of ether oxygens (including phenoxy) is 2. The van der Waals surface area contributed by atoms with Gasteiger partial charge in [0.2, 0.25) is 0 Å². The van der Waals surface area contributed by atoms with Crippen molar-refractivity contribution in [3.8, 4) is 5.75 Å². The number of carbonyl (C=O) groups excluding carboxylic acids is 2. The lowest BCUT2D eigenvalue weighted by atomic mass is 9.88. The molecule has 1 spiro atoms. The zero-order chi connectivity index (χ0) is 22.0. The summed E-state index contributed by atoms with van der Waals surface area (Å²) in [5.74, 6) is 1.58. The molecule has 8 heteroatoms. The highest BCUT2D eigenvalue weighted by atomic mass is 16.5. The van der Waals surface area contributed by atoms with Crippen molar-refractivity contribution >= 4 is 11.8 Å². The van der Waals surface area contributed by atoms with Crippen molar-refractivity contribution in [2.24, 2.45) is 0 Å². The van der Waals surface area contributed by atoms with Crippen LogP contribution < -0.4 is 4.74 Å². The lowest BCUT2D eigenvalue weighted by molar-refractivity contribution is -0.179. The van der Waals surface area contributed by atoms with Crippen LogP contribution in [0.2, 0.25) is 0 Å². The maximum Gasteiger partial charge on any atom is 0.253 e. The molecule has 0 N–H and O–H groups in total. The Labute approximate surface area is 182 Å².